The van der Waals surface area contributed by atoms with Crippen molar-refractivity contribution < 1.29 is 9.15 Å². The fourth-order valence-electron chi connectivity index (χ4n) is 1.87. The zero-order valence-corrected chi connectivity index (χ0v) is 12.9. The molecule has 0 saturated carbocycles. The number of hydrogen-bond donors (Lipinski definition) is 3. The summed E-state index contributed by atoms with van der Waals surface area (Å²) in [5.74, 6) is 2.80. The predicted molar refractivity (Wildman–Crippen MR) is 83.6 cm³/mol. The number of aromatic nitrogens is 3. The molecule has 0 aliphatic carbocycles. The Morgan fingerprint density at radius 3 is 3.00 bits per heavy atom. The summed E-state index contributed by atoms with van der Waals surface area (Å²) in [6.45, 7) is 2.26. The normalized spacial score (nSPS) is 11.6. The SMILES string of the molecule is CN=C(NCCCOC)NCCc1nc(-c2ccco2)n[nH]1. The molecule has 0 amide bonds. The van der Waals surface area contributed by atoms with E-state index in [1.165, 1.54) is 0 Å². The van der Waals surface area contributed by atoms with Gasteiger partial charge in [-0.1, -0.05) is 0 Å². The van der Waals surface area contributed by atoms with Gasteiger partial charge in [-0.15, -0.1) is 0 Å². The van der Waals surface area contributed by atoms with E-state index >= 15 is 0 Å². The van der Waals surface area contributed by atoms with Crippen LogP contribution in [0.5, 0.6) is 0 Å². The fourth-order valence-corrected chi connectivity index (χ4v) is 1.87. The van der Waals surface area contributed by atoms with Gasteiger partial charge in [-0.2, -0.15) is 5.10 Å². The third-order valence-corrected chi connectivity index (χ3v) is 2.97. The number of H-pyrrole nitrogens is 1. The van der Waals surface area contributed by atoms with Gasteiger partial charge in [0, 0.05) is 40.3 Å². The van der Waals surface area contributed by atoms with Crippen molar-refractivity contribution in [1.29, 1.82) is 0 Å². The second-order valence-electron chi connectivity index (χ2n) is 4.61. The van der Waals surface area contributed by atoms with E-state index in [0.717, 1.165) is 31.4 Å². The summed E-state index contributed by atoms with van der Waals surface area (Å²) in [4.78, 5) is 8.54. The summed E-state index contributed by atoms with van der Waals surface area (Å²) in [5, 5.41) is 13.5. The lowest BCUT2D eigenvalue weighted by Gasteiger charge is -2.10. The number of nitrogens with zero attached hydrogens (tertiary/aromatic N) is 3. The number of hydrogen-bond acceptors (Lipinski definition) is 5. The Morgan fingerprint density at radius 2 is 2.27 bits per heavy atom. The standard InChI is InChI=1S/C14H22N6O2/c1-15-14(16-7-4-9-21-2)17-8-6-12-18-13(20-19-12)11-5-3-10-22-11/h3,5,10H,4,6-9H2,1-2H3,(H2,15,16,17)(H,18,19,20). The predicted octanol–water partition coefficient (Wildman–Crippen LogP) is 0.809. The van der Waals surface area contributed by atoms with Crippen molar-refractivity contribution in [2.75, 3.05) is 33.9 Å². The summed E-state index contributed by atoms with van der Waals surface area (Å²) >= 11 is 0. The molecule has 8 nitrogen and oxygen atoms in total. The van der Waals surface area contributed by atoms with Gasteiger partial charge in [0.1, 0.15) is 5.82 Å². The monoisotopic (exact) mass is 306 g/mol. The molecule has 0 spiro atoms. The van der Waals surface area contributed by atoms with Crippen LogP contribution in [-0.2, 0) is 11.2 Å². The molecule has 0 unspecified atom stereocenters. The van der Waals surface area contributed by atoms with E-state index in [9.17, 15) is 0 Å². The number of guanidine groups is 1. The second kappa shape index (κ2) is 8.83. The van der Waals surface area contributed by atoms with Crippen molar-refractivity contribution in [3.63, 3.8) is 0 Å². The van der Waals surface area contributed by atoms with Crippen LogP contribution in [-0.4, -0.2) is 55.0 Å². The third-order valence-electron chi connectivity index (χ3n) is 2.97. The van der Waals surface area contributed by atoms with E-state index in [0.29, 0.717) is 24.6 Å². The van der Waals surface area contributed by atoms with Crippen LogP contribution in [0.1, 0.15) is 12.2 Å². The highest BCUT2D eigenvalue weighted by atomic mass is 16.5. The van der Waals surface area contributed by atoms with Crippen molar-refractivity contribution in [2.24, 2.45) is 4.99 Å². The molecule has 22 heavy (non-hydrogen) atoms. The van der Waals surface area contributed by atoms with Crippen molar-refractivity contribution in [3.05, 3.63) is 24.2 Å². The zero-order valence-electron chi connectivity index (χ0n) is 12.9. The molecular weight excluding hydrogens is 284 g/mol. The Kier molecular flexibility index (Phi) is 6.43. The average Bonchev–Trinajstić information content (AvgIpc) is 3.20. The maximum absolute atomic E-state index is 5.26. The summed E-state index contributed by atoms with van der Waals surface area (Å²) < 4.78 is 10.3. The van der Waals surface area contributed by atoms with Crippen molar-refractivity contribution in [3.8, 4) is 11.6 Å². The smallest absolute Gasteiger partial charge is 0.216 e. The molecule has 3 N–H and O–H groups in total. The highest BCUT2D eigenvalue weighted by Gasteiger charge is 2.08. The minimum atomic E-state index is 0.571. The molecule has 0 atom stereocenters. The number of rotatable bonds is 8. The van der Waals surface area contributed by atoms with E-state index in [-0.39, 0.29) is 0 Å². The Morgan fingerprint density at radius 1 is 1.41 bits per heavy atom. The minimum Gasteiger partial charge on any atom is -0.461 e. The Labute approximate surface area is 129 Å². The van der Waals surface area contributed by atoms with Crippen LogP contribution in [0.15, 0.2) is 27.8 Å². The number of furan rings is 1. The second-order valence-corrected chi connectivity index (χ2v) is 4.61. The van der Waals surface area contributed by atoms with Gasteiger partial charge in [-0.25, -0.2) is 4.98 Å². The molecular formula is C14H22N6O2. The number of aliphatic imine (C=N–C) groups is 1. The molecule has 2 aromatic rings. The number of ether oxygens (including phenoxy) is 1. The van der Waals surface area contributed by atoms with Crippen molar-refractivity contribution in [2.45, 2.75) is 12.8 Å². The maximum Gasteiger partial charge on any atom is 0.216 e. The molecule has 0 radical (unpaired) electrons. The van der Waals surface area contributed by atoms with Gasteiger partial charge in [0.05, 0.1) is 6.26 Å². The van der Waals surface area contributed by atoms with Gasteiger partial charge in [0.2, 0.25) is 5.82 Å². The highest BCUT2D eigenvalue weighted by Crippen LogP contribution is 2.14. The molecule has 0 fully saturated rings. The lowest BCUT2D eigenvalue weighted by Crippen LogP contribution is -2.39. The number of aromatic amines is 1. The molecule has 0 bridgehead atoms. The van der Waals surface area contributed by atoms with Gasteiger partial charge in [0.25, 0.3) is 0 Å². The summed E-state index contributed by atoms with van der Waals surface area (Å²) in [7, 11) is 3.44. The van der Waals surface area contributed by atoms with Gasteiger partial charge in [-0.05, 0) is 18.6 Å². The van der Waals surface area contributed by atoms with Gasteiger partial charge in [-0.3, -0.25) is 10.1 Å². The van der Waals surface area contributed by atoms with Crippen LogP contribution in [0.4, 0.5) is 0 Å². The zero-order chi connectivity index (χ0) is 15.6. The van der Waals surface area contributed by atoms with Crippen LogP contribution < -0.4 is 10.6 Å². The fraction of sp³-hybridized carbons (Fsp3) is 0.500. The Bertz CT molecular complexity index is 564. The molecule has 0 aliphatic heterocycles. The van der Waals surface area contributed by atoms with Gasteiger partial charge >= 0.3 is 0 Å². The van der Waals surface area contributed by atoms with Crippen LogP contribution in [0, 0.1) is 0 Å². The first-order valence-corrected chi connectivity index (χ1v) is 7.22. The number of nitrogens with one attached hydrogen (secondary N) is 3. The molecule has 2 rings (SSSR count). The molecule has 0 saturated heterocycles. The first kappa shape index (κ1) is 16.0. The largest absolute Gasteiger partial charge is 0.461 e. The topological polar surface area (TPSA) is 100 Å². The molecule has 2 aromatic heterocycles. The number of methoxy groups -OCH3 is 1. The lowest BCUT2D eigenvalue weighted by molar-refractivity contribution is 0.195. The van der Waals surface area contributed by atoms with E-state index in [4.69, 9.17) is 9.15 Å². The van der Waals surface area contributed by atoms with Crippen LogP contribution in [0.2, 0.25) is 0 Å². The quantitative estimate of drug-likeness (QED) is 0.379. The summed E-state index contributed by atoms with van der Waals surface area (Å²) in [6.07, 6.45) is 3.25. The van der Waals surface area contributed by atoms with Crippen molar-refractivity contribution >= 4 is 5.96 Å². The van der Waals surface area contributed by atoms with Gasteiger partial charge in [0.15, 0.2) is 11.7 Å². The van der Waals surface area contributed by atoms with Crippen LogP contribution in [0.25, 0.3) is 11.6 Å². The highest BCUT2D eigenvalue weighted by molar-refractivity contribution is 5.79. The Balaban J connectivity index is 1.71. The van der Waals surface area contributed by atoms with E-state index in [2.05, 4.69) is 30.8 Å². The van der Waals surface area contributed by atoms with E-state index in [1.807, 2.05) is 12.1 Å². The molecule has 0 aliphatic rings. The van der Waals surface area contributed by atoms with Crippen LogP contribution in [0.3, 0.4) is 0 Å². The Hall–Kier alpha value is -2.35. The minimum absolute atomic E-state index is 0.571. The van der Waals surface area contributed by atoms with Crippen molar-refractivity contribution in [1.82, 2.24) is 25.8 Å². The third kappa shape index (κ3) is 4.88. The lowest BCUT2D eigenvalue weighted by atomic mass is 10.4. The molecule has 120 valence electrons. The van der Waals surface area contributed by atoms with E-state index < -0.39 is 0 Å². The molecule has 2 heterocycles. The summed E-state index contributed by atoms with van der Waals surface area (Å²) in [5.41, 5.74) is 0. The molecule has 8 heteroatoms. The van der Waals surface area contributed by atoms with Crippen LogP contribution >= 0.6 is 0 Å². The van der Waals surface area contributed by atoms with Gasteiger partial charge < -0.3 is 19.8 Å². The maximum atomic E-state index is 5.26. The first-order valence-electron chi connectivity index (χ1n) is 7.22. The first-order chi connectivity index (χ1) is 10.8. The summed E-state index contributed by atoms with van der Waals surface area (Å²) in [6, 6.07) is 3.64. The molecule has 0 aromatic carbocycles. The van der Waals surface area contributed by atoms with E-state index in [1.54, 1.807) is 20.4 Å². The average molecular weight is 306 g/mol.